The van der Waals surface area contributed by atoms with Crippen molar-refractivity contribution >= 4 is 5.91 Å². The molecule has 18 heavy (non-hydrogen) atoms. The molecule has 2 rings (SSSR count). The summed E-state index contributed by atoms with van der Waals surface area (Å²) in [6, 6.07) is 1.64. The van der Waals surface area contributed by atoms with E-state index in [1.807, 2.05) is 0 Å². The summed E-state index contributed by atoms with van der Waals surface area (Å²) in [6.07, 6.45) is 5.98. The summed E-state index contributed by atoms with van der Waals surface area (Å²) in [5.74, 6) is 0.281. The Bertz CT molecular complexity index is 436. The van der Waals surface area contributed by atoms with Crippen LogP contribution in [0, 0.1) is 5.92 Å². The summed E-state index contributed by atoms with van der Waals surface area (Å²) in [4.78, 5) is 17.8. The molecule has 1 aromatic rings. The number of hydrogen-bond acceptors (Lipinski definition) is 4. The summed E-state index contributed by atoms with van der Waals surface area (Å²) < 4.78 is 0. The largest absolute Gasteiger partial charge is 0.506 e. The molecule has 1 amide bonds. The van der Waals surface area contributed by atoms with Gasteiger partial charge in [0.05, 0.1) is 11.8 Å². The minimum absolute atomic E-state index is 0.0102. The topological polar surface area (TPSA) is 79.5 Å². The van der Waals surface area contributed by atoms with E-state index in [2.05, 4.69) is 4.98 Å². The molecule has 1 aliphatic carbocycles. The number of aromatic hydroxyl groups is 1. The molecule has 1 heterocycles. The maximum Gasteiger partial charge on any atom is 0.255 e. The zero-order chi connectivity index (χ0) is 13.1. The van der Waals surface area contributed by atoms with Crippen molar-refractivity contribution in [2.75, 3.05) is 13.6 Å². The monoisotopic (exact) mass is 249 g/mol. The maximum atomic E-state index is 12.3. The lowest BCUT2D eigenvalue weighted by Crippen LogP contribution is -2.41. The van der Waals surface area contributed by atoms with Crippen LogP contribution < -0.4 is 5.73 Å². The first-order valence-corrected chi connectivity index (χ1v) is 6.24. The van der Waals surface area contributed by atoms with Gasteiger partial charge in [-0.3, -0.25) is 9.78 Å². The van der Waals surface area contributed by atoms with Crippen LogP contribution in [0.4, 0.5) is 0 Å². The zero-order valence-electron chi connectivity index (χ0n) is 10.5. The number of pyridine rings is 1. The van der Waals surface area contributed by atoms with Crippen LogP contribution in [0.3, 0.4) is 0 Å². The van der Waals surface area contributed by atoms with Crippen molar-refractivity contribution in [2.24, 2.45) is 11.7 Å². The van der Waals surface area contributed by atoms with E-state index in [0.717, 1.165) is 19.3 Å². The Morgan fingerprint density at radius 3 is 3.00 bits per heavy atom. The SMILES string of the molecule is CN(C(=O)c1cncc(O)c1)C1CCCC1CN. The highest BCUT2D eigenvalue weighted by molar-refractivity contribution is 5.94. The van der Waals surface area contributed by atoms with E-state index in [0.29, 0.717) is 18.0 Å². The predicted molar refractivity (Wildman–Crippen MR) is 68.2 cm³/mol. The van der Waals surface area contributed by atoms with E-state index in [1.165, 1.54) is 18.5 Å². The van der Waals surface area contributed by atoms with Gasteiger partial charge in [-0.15, -0.1) is 0 Å². The minimum Gasteiger partial charge on any atom is -0.506 e. The molecule has 2 unspecified atom stereocenters. The lowest BCUT2D eigenvalue weighted by atomic mass is 10.0. The second-order valence-electron chi connectivity index (χ2n) is 4.84. The molecule has 0 aromatic carbocycles. The van der Waals surface area contributed by atoms with Gasteiger partial charge >= 0.3 is 0 Å². The molecule has 1 aromatic heterocycles. The van der Waals surface area contributed by atoms with Crippen LogP contribution in [0.25, 0.3) is 0 Å². The highest BCUT2D eigenvalue weighted by atomic mass is 16.3. The van der Waals surface area contributed by atoms with E-state index in [-0.39, 0.29) is 17.7 Å². The third-order valence-electron chi connectivity index (χ3n) is 3.71. The normalized spacial score (nSPS) is 23.0. The van der Waals surface area contributed by atoms with E-state index < -0.39 is 0 Å². The third-order valence-corrected chi connectivity index (χ3v) is 3.71. The number of rotatable bonds is 3. The number of carbonyl (C=O) groups excluding carboxylic acids is 1. The quantitative estimate of drug-likeness (QED) is 0.837. The fourth-order valence-corrected chi connectivity index (χ4v) is 2.70. The highest BCUT2D eigenvalue weighted by Gasteiger charge is 2.32. The first-order valence-electron chi connectivity index (χ1n) is 6.24. The molecule has 2 atom stereocenters. The summed E-state index contributed by atoms with van der Waals surface area (Å²) in [5.41, 5.74) is 6.15. The molecular weight excluding hydrogens is 230 g/mol. The smallest absolute Gasteiger partial charge is 0.255 e. The van der Waals surface area contributed by atoms with Crippen molar-refractivity contribution in [3.05, 3.63) is 24.0 Å². The molecule has 1 aliphatic rings. The van der Waals surface area contributed by atoms with Gasteiger partial charge < -0.3 is 15.7 Å². The van der Waals surface area contributed by atoms with Crippen molar-refractivity contribution in [1.82, 2.24) is 9.88 Å². The van der Waals surface area contributed by atoms with Gasteiger partial charge in [0.1, 0.15) is 5.75 Å². The van der Waals surface area contributed by atoms with Gasteiger partial charge in [-0.05, 0) is 31.4 Å². The van der Waals surface area contributed by atoms with Crippen molar-refractivity contribution in [3.63, 3.8) is 0 Å². The lowest BCUT2D eigenvalue weighted by Gasteiger charge is -2.29. The van der Waals surface area contributed by atoms with Crippen molar-refractivity contribution in [2.45, 2.75) is 25.3 Å². The number of amides is 1. The fraction of sp³-hybridized carbons (Fsp3) is 0.538. The molecular formula is C13H19N3O2. The molecule has 3 N–H and O–H groups in total. The molecule has 1 fully saturated rings. The first-order chi connectivity index (χ1) is 8.63. The number of carbonyl (C=O) groups is 1. The van der Waals surface area contributed by atoms with E-state index in [9.17, 15) is 9.90 Å². The number of nitrogens with zero attached hydrogens (tertiary/aromatic N) is 2. The van der Waals surface area contributed by atoms with Crippen LogP contribution in [0.1, 0.15) is 29.6 Å². The highest BCUT2D eigenvalue weighted by Crippen LogP contribution is 2.29. The van der Waals surface area contributed by atoms with Gasteiger partial charge in [0.15, 0.2) is 0 Å². The first kappa shape index (κ1) is 12.8. The Hall–Kier alpha value is -1.62. The summed E-state index contributed by atoms with van der Waals surface area (Å²) >= 11 is 0. The fourth-order valence-electron chi connectivity index (χ4n) is 2.70. The second kappa shape index (κ2) is 5.35. The Morgan fingerprint density at radius 1 is 1.56 bits per heavy atom. The molecule has 0 saturated heterocycles. The molecule has 0 radical (unpaired) electrons. The van der Waals surface area contributed by atoms with Crippen LogP contribution in [0.5, 0.6) is 5.75 Å². The summed E-state index contributed by atoms with van der Waals surface area (Å²) in [5, 5.41) is 9.35. The molecule has 0 bridgehead atoms. The van der Waals surface area contributed by atoms with Gasteiger partial charge in [0, 0.05) is 19.3 Å². The Labute approximate surface area is 107 Å². The number of nitrogens with two attached hydrogens (primary N) is 1. The van der Waals surface area contributed by atoms with Gasteiger partial charge in [-0.2, -0.15) is 0 Å². The van der Waals surface area contributed by atoms with Crippen LogP contribution in [-0.2, 0) is 0 Å². The average Bonchev–Trinajstić information content (AvgIpc) is 2.85. The van der Waals surface area contributed by atoms with Crippen molar-refractivity contribution < 1.29 is 9.90 Å². The molecule has 5 nitrogen and oxygen atoms in total. The summed E-state index contributed by atoms with van der Waals surface area (Å²) in [7, 11) is 1.80. The van der Waals surface area contributed by atoms with Crippen molar-refractivity contribution in [1.29, 1.82) is 0 Å². The number of hydrogen-bond donors (Lipinski definition) is 2. The molecule has 1 saturated carbocycles. The molecule has 0 spiro atoms. The predicted octanol–water partition coefficient (Wildman–Crippen LogP) is 0.987. The molecule has 5 heteroatoms. The van der Waals surface area contributed by atoms with Crippen LogP contribution in [0.2, 0.25) is 0 Å². The van der Waals surface area contributed by atoms with Gasteiger partial charge in [0.25, 0.3) is 5.91 Å². The lowest BCUT2D eigenvalue weighted by molar-refractivity contribution is 0.0699. The second-order valence-corrected chi connectivity index (χ2v) is 4.84. The average molecular weight is 249 g/mol. The van der Waals surface area contributed by atoms with E-state index in [1.54, 1.807) is 11.9 Å². The third kappa shape index (κ3) is 2.46. The Kier molecular flexibility index (Phi) is 3.81. The zero-order valence-corrected chi connectivity index (χ0v) is 10.5. The van der Waals surface area contributed by atoms with Gasteiger partial charge in [0.2, 0.25) is 0 Å². The Balaban J connectivity index is 2.13. The maximum absolute atomic E-state index is 12.3. The van der Waals surface area contributed by atoms with Gasteiger partial charge in [-0.25, -0.2) is 0 Å². The molecule has 0 aliphatic heterocycles. The number of aromatic nitrogens is 1. The van der Waals surface area contributed by atoms with Crippen LogP contribution in [0.15, 0.2) is 18.5 Å². The van der Waals surface area contributed by atoms with E-state index in [4.69, 9.17) is 5.73 Å². The Morgan fingerprint density at radius 2 is 2.33 bits per heavy atom. The van der Waals surface area contributed by atoms with Crippen LogP contribution >= 0.6 is 0 Å². The minimum atomic E-state index is -0.108. The van der Waals surface area contributed by atoms with Gasteiger partial charge in [-0.1, -0.05) is 6.42 Å². The van der Waals surface area contributed by atoms with Crippen LogP contribution in [-0.4, -0.2) is 40.5 Å². The standard InChI is InChI=1S/C13H19N3O2/c1-16(12-4-2-3-9(12)6-14)13(18)10-5-11(17)8-15-7-10/h5,7-9,12,17H,2-4,6,14H2,1H3. The van der Waals surface area contributed by atoms with Crippen molar-refractivity contribution in [3.8, 4) is 5.75 Å². The van der Waals surface area contributed by atoms with E-state index >= 15 is 0 Å². The molecule has 98 valence electrons. The summed E-state index contributed by atoms with van der Waals surface area (Å²) in [6.45, 7) is 0.612.